The van der Waals surface area contributed by atoms with Crippen LogP contribution in [0.4, 0.5) is 0 Å². The van der Waals surface area contributed by atoms with E-state index in [0.29, 0.717) is 25.3 Å². The van der Waals surface area contributed by atoms with Gasteiger partial charge in [0.25, 0.3) is 0 Å². The summed E-state index contributed by atoms with van der Waals surface area (Å²) in [6.07, 6.45) is 1.24. The van der Waals surface area contributed by atoms with Crippen LogP contribution in [0.15, 0.2) is 46.9 Å². The van der Waals surface area contributed by atoms with Gasteiger partial charge in [-0.2, -0.15) is 0 Å². The number of nitrogens with zero attached hydrogens (tertiary/aromatic N) is 1. The number of methoxy groups -OCH3 is 1. The van der Waals surface area contributed by atoms with Gasteiger partial charge in [0.1, 0.15) is 17.3 Å². The third kappa shape index (κ3) is 5.87. The van der Waals surface area contributed by atoms with Crippen molar-refractivity contribution in [2.75, 3.05) is 13.7 Å². The topological polar surface area (TPSA) is 81.8 Å². The van der Waals surface area contributed by atoms with Gasteiger partial charge in [0, 0.05) is 18.4 Å². The Morgan fingerprint density at radius 3 is 2.61 bits per heavy atom. The molecule has 6 heteroatoms. The maximum absolute atomic E-state index is 10.8. The van der Waals surface area contributed by atoms with Crippen LogP contribution in [-0.4, -0.2) is 29.8 Å². The van der Waals surface area contributed by atoms with E-state index in [1.54, 1.807) is 7.11 Å². The Morgan fingerprint density at radius 1 is 1.13 bits per heavy atom. The fraction of sp³-hybridized carbons (Fsp3) is 0.360. The van der Waals surface area contributed by atoms with E-state index in [4.69, 9.17) is 24.0 Å². The van der Waals surface area contributed by atoms with Gasteiger partial charge in [-0.05, 0) is 60.7 Å². The van der Waals surface area contributed by atoms with Gasteiger partial charge in [0.15, 0.2) is 0 Å². The van der Waals surface area contributed by atoms with E-state index in [9.17, 15) is 4.79 Å². The lowest BCUT2D eigenvalue weighted by molar-refractivity contribution is -0.136. The Balaban J connectivity index is 1.68. The summed E-state index contributed by atoms with van der Waals surface area (Å²) >= 11 is 0. The summed E-state index contributed by atoms with van der Waals surface area (Å²) in [5.41, 5.74) is 3.86. The molecule has 2 aromatic carbocycles. The molecule has 3 aromatic rings. The molecule has 31 heavy (non-hydrogen) atoms. The van der Waals surface area contributed by atoms with Crippen LogP contribution < -0.4 is 9.47 Å². The van der Waals surface area contributed by atoms with Crippen molar-refractivity contribution >= 4 is 5.97 Å². The molecule has 0 radical (unpaired) electrons. The highest BCUT2D eigenvalue weighted by Gasteiger charge is 2.18. The number of ether oxygens (including phenoxy) is 2. The molecular weight excluding hydrogens is 394 g/mol. The second-order valence-corrected chi connectivity index (χ2v) is 7.79. The minimum Gasteiger partial charge on any atom is -0.497 e. The normalized spacial score (nSPS) is 11.0. The number of benzene rings is 2. The highest BCUT2D eigenvalue weighted by Crippen LogP contribution is 2.29. The van der Waals surface area contributed by atoms with Gasteiger partial charge >= 0.3 is 5.97 Å². The molecule has 0 bridgehead atoms. The number of aromatic nitrogens is 1. The van der Waals surface area contributed by atoms with Crippen molar-refractivity contribution in [1.82, 2.24) is 4.98 Å². The summed E-state index contributed by atoms with van der Waals surface area (Å²) in [6.45, 7) is 6.62. The van der Waals surface area contributed by atoms with Gasteiger partial charge in [-0.15, -0.1) is 0 Å². The molecule has 0 saturated heterocycles. The first-order valence-corrected chi connectivity index (χ1v) is 10.5. The summed E-state index contributed by atoms with van der Waals surface area (Å²) in [4.78, 5) is 15.5. The molecule has 1 heterocycles. The molecule has 0 aliphatic carbocycles. The number of oxazole rings is 1. The van der Waals surface area contributed by atoms with Crippen LogP contribution in [0.5, 0.6) is 11.5 Å². The molecule has 0 aliphatic rings. The summed E-state index contributed by atoms with van der Waals surface area (Å²) in [7, 11) is 1.64. The quantitative estimate of drug-likeness (QED) is 0.469. The lowest BCUT2D eigenvalue weighted by Gasteiger charge is -2.10. The van der Waals surface area contributed by atoms with E-state index in [2.05, 4.69) is 13.8 Å². The molecule has 0 spiro atoms. The number of rotatable bonds is 10. The van der Waals surface area contributed by atoms with Crippen LogP contribution in [0, 0.1) is 6.92 Å². The minimum absolute atomic E-state index is 0.125. The van der Waals surface area contributed by atoms with Gasteiger partial charge in [-0.25, -0.2) is 4.98 Å². The fourth-order valence-corrected chi connectivity index (χ4v) is 3.42. The molecule has 0 fully saturated rings. The van der Waals surface area contributed by atoms with Crippen LogP contribution in [-0.2, 0) is 17.6 Å². The van der Waals surface area contributed by atoms with E-state index in [1.807, 2.05) is 49.4 Å². The van der Waals surface area contributed by atoms with E-state index < -0.39 is 5.97 Å². The van der Waals surface area contributed by atoms with Crippen LogP contribution >= 0.6 is 0 Å². The maximum Gasteiger partial charge on any atom is 0.303 e. The number of aryl methyl sites for hydroxylation is 2. The number of carboxylic acids is 1. The van der Waals surface area contributed by atoms with Gasteiger partial charge in [-0.1, -0.05) is 26.0 Å². The standard InChI is InChI=1S/C25H29NO5/c1-16(2)24-22(31-25(26-24)19-6-5-7-20(15-19)29-4)12-13-30-21-10-8-18(17(3)14-21)9-11-23(27)28/h5-8,10,14-16H,9,11-13H2,1-4H3,(H,27,28). The van der Waals surface area contributed by atoms with E-state index in [1.165, 1.54) is 0 Å². The predicted molar refractivity (Wildman–Crippen MR) is 119 cm³/mol. The Labute approximate surface area is 182 Å². The van der Waals surface area contributed by atoms with Gasteiger partial charge in [0.2, 0.25) is 5.89 Å². The minimum atomic E-state index is -0.791. The van der Waals surface area contributed by atoms with Gasteiger partial charge < -0.3 is 19.0 Å². The lowest BCUT2D eigenvalue weighted by Crippen LogP contribution is -2.04. The molecule has 0 amide bonds. The number of hydrogen-bond donors (Lipinski definition) is 1. The highest BCUT2D eigenvalue weighted by molar-refractivity contribution is 5.67. The van der Waals surface area contributed by atoms with Crippen LogP contribution in [0.3, 0.4) is 0 Å². The molecule has 164 valence electrons. The van der Waals surface area contributed by atoms with Crippen molar-refractivity contribution in [3.63, 3.8) is 0 Å². The maximum atomic E-state index is 10.8. The summed E-state index contributed by atoms with van der Waals surface area (Å²) in [5.74, 6) is 2.36. The Morgan fingerprint density at radius 2 is 1.94 bits per heavy atom. The summed E-state index contributed by atoms with van der Waals surface area (Å²) < 4.78 is 17.3. The molecule has 1 aromatic heterocycles. The third-order valence-electron chi connectivity index (χ3n) is 5.11. The zero-order chi connectivity index (χ0) is 22.4. The molecule has 0 saturated carbocycles. The zero-order valence-electron chi connectivity index (χ0n) is 18.5. The lowest BCUT2D eigenvalue weighted by atomic mass is 10.0. The second kappa shape index (κ2) is 10.2. The highest BCUT2D eigenvalue weighted by atomic mass is 16.5. The number of aliphatic carboxylic acids is 1. The number of hydrogen-bond acceptors (Lipinski definition) is 5. The molecule has 0 atom stereocenters. The first kappa shape index (κ1) is 22.4. The Bertz CT molecular complexity index is 1040. The monoisotopic (exact) mass is 423 g/mol. The van der Waals surface area contributed by atoms with Crippen LogP contribution in [0.1, 0.15) is 48.8 Å². The van der Waals surface area contributed by atoms with Crippen molar-refractivity contribution in [3.8, 4) is 23.0 Å². The van der Waals surface area contributed by atoms with Crippen molar-refractivity contribution in [1.29, 1.82) is 0 Å². The molecular formula is C25H29NO5. The third-order valence-corrected chi connectivity index (χ3v) is 5.11. The zero-order valence-corrected chi connectivity index (χ0v) is 18.5. The Kier molecular flexibility index (Phi) is 7.34. The van der Waals surface area contributed by atoms with Crippen molar-refractivity contribution in [3.05, 3.63) is 65.0 Å². The van der Waals surface area contributed by atoms with Crippen LogP contribution in [0.25, 0.3) is 11.5 Å². The number of carbonyl (C=O) groups is 1. The first-order valence-electron chi connectivity index (χ1n) is 10.5. The molecule has 0 unspecified atom stereocenters. The average molecular weight is 424 g/mol. The van der Waals surface area contributed by atoms with E-state index in [-0.39, 0.29) is 12.3 Å². The predicted octanol–water partition coefficient (Wildman–Crippen LogP) is 5.42. The first-order chi connectivity index (χ1) is 14.9. The Hall–Kier alpha value is -3.28. The van der Waals surface area contributed by atoms with E-state index in [0.717, 1.165) is 39.6 Å². The molecule has 1 N–H and O–H groups in total. The summed E-state index contributed by atoms with van der Waals surface area (Å²) in [5, 5.41) is 8.86. The van der Waals surface area contributed by atoms with Crippen molar-refractivity contribution in [2.24, 2.45) is 0 Å². The molecule has 6 nitrogen and oxygen atoms in total. The second-order valence-electron chi connectivity index (χ2n) is 7.79. The van der Waals surface area contributed by atoms with Crippen LogP contribution in [0.2, 0.25) is 0 Å². The average Bonchev–Trinajstić information content (AvgIpc) is 3.17. The van der Waals surface area contributed by atoms with Crippen molar-refractivity contribution < 1.29 is 23.8 Å². The van der Waals surface area contributed by atoms with E-state index >= 15 is 0 Å². The van der Waals surface area contributed by atoms with Gasteiger partial charge in [0.05, 0.1) is 19.4 Å². The largest absolute Gasteiger partial charge is 0.497 e. The molecule has 0 aliphatic heterocycles. The fourth-order valence-electron chi connectivity index (χ4n) is 3.42. The van der Waals surface area contributed by atoms with Crippen molar-refractivity contribution in [2.45, 2.75) is 46.0 Å². The van der Waals surface area contributed by atoms with Gasteiger partial charge in [-0.3, -0.25) is 4.79 Å². The SMILES string of the molecule is COc1cccc(-c2nc(C(C)C)c(CCOc3ccc(CCC(=O)O)c(C)c3)o2)c1. The summed E-state index contributed by atoms with van der Waals surface area (Å²) in [6, 6.07) is 13.4. The molecule has 3 rings (SSSR count). The smallest absolute Gasteiger partial charge is 0.303 e. The number of carboxylic acid groups (broad SMARTS) is 1.